The number of ether oxygens (including phenoxy) is 1. The van der Waals surface area contributed by atoms with Crippen LogP contribution in [0.5, 0.6) is 5.75 Å². The number of alkyl halides is 3. The van der Waals surface area contributed by atoms with Crippen molar-refractivity contribution < 1.29 is 17.9 Å². The molecule has 1 aromatic heterocycles. The number of nitrogens with one attached hydrogen (secondary N) is 1. The zero-order valence-electron chi connectivity index (χ0n) is 15.0. The molecule has 3 aliphatic heterocycles. The molecule has 2 aromatic rings. The van der Waals surface area contributed by atoms with Crippen LogP contribution in [0.1, 0.15) is 19.8 Å². The molecule has 27 heavy (non-hydrogen) atoms. The smallest absolute Gasteiger partial charge is 0.406 e. The monoisotopic (exact) mass is 377 g/mol. The van der Waals surface area contributed by atoms with Crippen LogP contribution < -0.4 is 10.1 Å². The summed E-state index contributed by atoms with van der Waals surface area (Å²) in [6.07, 6.45) is -0.512. The Morgan fingerprint density at radius 1 is 1.15 bits per heavy atom. The van der Waals surface area contributed by atoms with E-state index in [1.807, 2.05) is 12.1 Å². The Morgan fingerprint density at radius 3 is 2.56 bits per heavy atom. The first-order valence-electron chi connectivity index (χ1n) is 9.22. The van der Waals surface area contributed by atoms with Gasteiger partial charge >= 0.3 is 6.36 Å². The minimum atomic E-state index is -4.70. The third-order valence-electron chi connectivity index (χ3n) is 5.64. The highest BCUT2D eigenvalue weighted by Crippen LogP contribution is 2.34. The summed E-state index contributed by atoms with van der Waals surface area (Å²) in [5.74, 6) is 0.436. The summed E-state index contributed by atoms with van der Waals surface area (Å²) in [5, 5.41) is 3.61. The number of aromatic nitrogens is 1. The summed E-state index contributed by atoms with van der Waals surface area (Å²) in [6, 6.07) is 10.5. The Bertz CT molecular complexity index is 784. The summed E-state index contributed by atoms with van der Waals surface area (Å²) in [7, 11) is 0. The van der Waals surface area contributed by atoms with Gasteiger partial charge in [-0.25, -0.2) is 0 Å². The van der Waals surface area contributed by atoms with Crippen LogP contribution in [0.15, 0.2) is 42.6 Å². The van der Waals surface area contributed by atoms with Gasteiger partial charge < -0.3 is 10.1 Å². The SMILES string of the molecule is C[C@@H]1[C@H](Nc2ccc(-c3cccc(OC(F)(F)F)c3)nc2)C2CCN1CC2. The average Bonchev–Trinajstić information content (AvgIpc) is 2.64. The van der Waals surface area contributed by atoms with E-state index >= 15 is 0 Å². The lowest BCUT2D eigenvalue weighted by Gasteiger charge is -2.50. The Morgan fingerprint density at radius 2 is 1.93 bits per heavy atom. The molecule has 3 fully saturated rings. The van der Waals surface area contributed by atoms with Crippen molar-refractivity contribution in [3.63, 3.8) is 0 Å². The second-order valence-corrected chi connectivity index (χ2v) is 7.29. The highest BCUT2D eigenvalue weighted by atomic mass is 19.4. The van der Waals surface area contributed by atoms with Gasteiger partial charge in [-0.15, -0.1) is 13.2 Å². The largest absolute Gasteiger partial charge is 0.573 e. The molecule has 0 radical (unpaired) electrons. The van der Waals surface area contributed by atoms with Crippen LogP contribution in [0.25, 0.3) is 11.3 Å². The molecule has 0 unspecified atom stereocenters. The number of halogens is 3. The number of hydrogen-bond acceptors (Lipinski definition) is 4. The van der Waals surface area contributed by atoms with Gasteiger partial charge in [0.1, 0.15) is 5.75 Å². The van der Waals surface area contributed by atoms with E-state index in [1.165, 1.54) is 44.1 Å². The maximum atomic E-state index is 12.4. The topological polar surface area (TPSA) is 37.4 Å². The lowest BCUT2D eigenvalue weighted by molar-refractivity contribution is -0.274. The Hall–Kier alpha value is -2.28. The van der Waals surface area contributed by atoms with Gasteiger partial charge in [-0.2, -0.15) is 0 Å². The predicted molar refractivity (Wildman–Crippen MR) is 97.5 cm³/mol. The van der Waals surface area contributed by atoms with E-state index in [0.717, 1.165) is 5.69 Å². The summed E-state index contributed by atoms with van der Waals surface area (Å²) in [5.41, 5.74) is 2.13. The lowest BCUT2D eigenvalue weighted by Crippen LogP contribution is -2.59. The van der Waals surface area contributed by atoms with Crippen LogP contribution >= 0.6 is 0 Å². The molecule has 2 bridgehead atoms. The molecule has 4 nitrogen and oxygen atoms in total. The van der Waals surface area contributed by atoms with Gasteiger partial charge in [-0.05, 0) is 63.0 Å². The second kappa shape index (κ2) is 7.03. The van der Waals surface area contributed by atoms with Gasteiger partial charge in [-0.3, -0.25) is 9.88 Å². The number of rotatable bonds is 4. The first-order chi connectivity index (χ1) is 12.9. The van der Waals surface area contributed by atoms with Crippen molar-refractivity contribution in [2.24, 2.45) is 5.92 Å². The zero-order valence-corrected chi connectivity index (χ0v) is 15.0. The Labute approximate surface area is 156 Å². The van der Waals surface area contributed by atoms with E-state index in [9.17, 15) is 13.2 Å². The molecule has 1 N–H and O–H groups in total. The van der Waals surface area contributed by atoms with Crippen molar-refractivity contribution in [3.05, 3.63) is 42.6 Å². The molecule has 5 rings (SSSR count). The highest BCUT2D eigenvalue weighted by molar-refractivity contribution is 5.63. The molecule has 3 aliphatic rings. The first kappa shape index (κ1) is 18.1. The van der Waals surface area contributed by atoms with Gasteiger partial charge in [0.15, 0.2) is 0 Å². The van der Waals surface area contributed by atoms with Gasteiger partial charge in [0, 0.05) is 17.6 Å². The highest BCUT2D eigenvalue weighted by Gasteiger charge is 2.39. The Balaban J connectivity index is 1.47. The molecule has 3 saturated heterocycles. The van der Waals surface area contributed by atoms with Crippen molar-refractivity contribution in [2.75, 3.05) is 18.4 Å². The van der Waals surface area contributed by atoms with Crippen molar-refractivity contribution in [1.82, 2.24) is 9.88 Å². The number of anilines is 1. The number of nitrogens with zero attached hydrogens (tertiary/aromatic N) is 2. The van der Waals surface area contributed by atoms with Gasteiger partial charge in [0.2, 0.25) is 0 Å². The normalized spacial score (nSPS) is 27.4. The van der Waals surface area contributed by atoms with E-state index in [0.29, 0.717) is 29.3 Å². The van der Waals surface area contributed by atoms with Crippen LogP contribution in [0.3, 0.4) is 0 Å². The molecule has 0 spiro atoms. The molecule has 144 valence electrons. The quantitative estimate of drug-likeness (QED) is 0.849. The van der Waals surface area contributed by atoms with Crippen LogP contribution in [0.2, 0.25) is 0 Å². The number of hydrogen-bond donors (Lipinski definition) is 1. The number of pyridine rings is 1. The average molecular weight is 377 g/mol. The van der Waals surface area contributed by atoms with E-state index in [1.54, 1.807) is 12.3 Å². The van der Waals surface area contributed by atoms with Crippen molar-refractivity contribution in [3.8, 4) is 17.0 Å². The van der Waals surface area contributed by atoms with Crippen molar-refractivity contribution in [1.29, 1.82) is 0 Å². The standard InChI is InChI=1S/C20H22F3N3O/c1-13-19(14-7-9-26(13)10-8-14)25-16-5-6-18(24-12-16)15-3-2-4-17(11-15)27-20(21,22)23/h2-6,11-14,19,25H,7-10H2,1H3/t13-,19+/m1/s1. The zero-order chi connectivity index (χ0) is 19.0. The van der Waals surface area contributed by atoms with Crippen molar-refractivity contribution in [2.45, 2.75) is 38.2 Å². The fourth-order valence-electron chi connectivity index (χ4n) is 4.24. The molecular weight excluding hydrogens is 355 g/mol. The molecule has 0 saturated carbocycles. The lowest BCUT2D eigenvalue weighted by atomic mass is 9.79. The summed E-state index contributed by atoms with van der Waals surface area (Å²) in [4.78, 5) is 6.95. The minimum Gasteiger partial charge on any atom is -0.406 e. The molecule has 0 aliphatic carbocycles. The van der Waals surface area contributed by atoms with Crippen molar-refractivity contribution >= 4 is 5.69 Å². The third kappa shape index (κ3) is 4.03. The van der Waals surface area contributed by atoms with E-state index in [4.69, 9.17) is 0 Å². The van der Waals surface area contributed by atoms with Gasteiger partial charge in [0.25, 0.3) is 0 Å². The van der Waals surface area contributed by atoms with Gasteiger partial charge in [-0.1, -0.05) is 12.1 Å². The maximum absolute atomic E-state index is 12.4. The number of benzene rings is 1. The molecule has 0 amide bonds. The summed E-state index contributed by atoms with van der Waals surface area (Å²) in [6.45, 7) is 4.62. The fourth-order valence-corrected chi connectivity index (χ4v) is 4.24. The molecule has 2 atom stereocenters. The minimum absolute atomic E-state index is 0.245. The van der Waals surface area contributed by atoms with E-state index < -0.39 is 6.36 Å². The van der Waals surface area contributed by atoms with Crippen LogP contribution in [0.4, 0.5) is 18.9 Å². The first-order valence-corrected chi connectivity index (χ1v) is 9.22. The number of piperidine rings is 3. The predicted octanol–water partition coefficient (Wildman–Crippen LogP) is 4.54. The van der Waals surface area contributed by atoms with E-state index in [2.05, 4.69) is 26.9 Å². The molecule has 4 heterocycles. The van der Waals surface area contributed by atoms with E-state index in [-0.39, 0.29) is 5.75 Å². The summed E-state index contributed by atoms with van der Waals surface area (Å²) >= 11 is 0. The van der Waals surface area contributed by atoms with Gasteiger partial charge in [0.05, 0.1) is 17.6 Å². The van der Waals surface area contributed by atoms with Crippen LogP contribution in [-0.2, 0) is 0 Å². The number of fused-ring (bicyclic) bond motifs is 3. The Kier molecular flexibility index (Phi) is 4.72. The maximum Gasteiger partial charge on any atom is 0.573 e. The summed E-state index contributed by atoms with van der Waals surface area (Å²) < 4.78 is 41.2. The fraction of sp³-hybridized carbons (Fsp3) is 0.450. The molecule has 7 heteroatoms. The third-order valence-corrected chi connectivity index (χ3v) is 5.64. The van der Waals surface area contributed by atoms with Crippen LogP contribution in [0, 0.1) is 5.92 Å². The van der Waals surface area contributed by atoms with Crippen LogP contribution in [-0.4, -0.2) is 41.4 Å². The molecular formula is C20H22F3N3O. The second-order valence-electron chi connectivity index (χ2n) is 7.29. The molecule has 1 aromatic carbocycles.